The molecule has 0 aromatic carbocycles. The summed E-state index contributed by atoms with van der Waals surface area (Å²) in [6.07, 6.45) is 5.87. The van der Waals surface area contributed by atoms with Gasteiger partial charge in [0.2, 0.25) is 0 Å². The maximum atomic E-state index is 10.3. The van der Waals surface area contributed by atoms with E-state index in [4.69, 9.17) is 23.1 Å². The van der Waals surface area contributed by atoms with Crippen molar-refractivity contribution in [3.63, 3.8) is 0 Å². The smallest absolute Gasteiger partial charge is 0.361 e. The van der Waals surface area contributed by atoms with Crippen LogP contribution in [0.1, 0.15) is 0 Å². The molecule has 0 bridgehead atoms. The fourth-order valence-corrected chi connectivity index (χ4v) is 0.791. The van der Waals surface area contributed by atoms with Gasteiger partial charge in [-0.15, -0.1) is 0 Å². The van der Waals surface area contributed by atoms with E-state index >= 15 is 0 Å². The number of hydrogen-bond acceptors (Lipinski definition) is 4. The van der Waals surface area contributed by atoms with Crippen molar-refractivity contribution in [2.75, 3.05) is 0 Å². The van der Waals surface area contributed by atoms with E-state index in [1.165, 1.54) is 12.2 Å². The zero-order valence-corrected chi connectivity index (χ0v) is 8.48. The van der Waals surface area contributed by atoms with Gasteiger partial charge in [-0.3, -0.25) is 19.2 Å². The Morgan fingerprint density at radius 2 is 1.94 bits per heavy atom. The highest BCUT2D eigenvalue weighted by Gasteiger charge is 2.30. The predicted molar refractivity (Wildman–Crippen MR) is 51.9 cm³/mol. The summed E-state index contributed by atoms with van der Waals surface area (Å²) in [5, 5.41) is 10.3. The van der Waals surface area contributed by atoms with Crippen LogP contribution in [0, 0.1) is 10.1 Å². The number of allylic oxidation sites excluding steroid dienone is 2. The van der Waals surface area contributed by atoms with Gasteiger partial charge in [0.1, 0.15) is 0 Å². The monoisotopic (exact) mass is 249 g/mol. The summed E-state index contributed by atoms with van der Waals surface area (Å²) in [6.45, 7) is 0. The van der Waals surface area contributed by atoms with Gasteiger partial charge in [0, 0.05) is 17.1 Å². The predicted octanol–water partition coefficient (Wildman–Crippen LogP) is -0.224. The van der Waals surface area contributed by atoms with E-state index < -0.39 is 21.4 Å². The summed E-state index contributed by atoms with van der Waals surface area (Å²) in [4.78, 5) is 12.5. The molecule has 0 aromatic heterocycles. The van der Waals surface area contributed by atoms with Crippen molar-refractivity contribution >= 4 is 16.1 Å². The van der Waals surface area contributed by atoms with Crippen LogP contribution < -0.4 is 0 Å². The molecule has 0 saturated carbocycles. The minimum atomic E-state index is -4.67. The number of nitro groups is 1. The lowest BCUT2D eigenvalue weighted by molar-refractivity contribution is -0.493. The fourth-order valence-electron chi connectivity index (χ4n) is 0.791. The van der Waals surface area contributed by atoms with E-state index in [1.807, 2.05) is 0 Å². The molecule has 88 valence electrons. The van der Waals surface area contributed by atoms with Crippen molar-refractivity contribution in [3.05, 3.63) is 39.9 Å². The average Bonchev–Trinajstić information content (AvgIpc) is 2.15. The molecule has 10 heteroatoms. The minimum absolute atomic E-state index is 0.0532. The maximum Gasteiger partial charge on any atom is 0.394 e. The molecule has 0 spiro atoms. The molecule has 2 N–H and O–H groups in total. The van der Waals surface area contributed by atoms with E-state index in [-0.39, 0.29) is 5.71 Å². The minimum Gasteiger partial charge on any atom is -0.361 e. The van der Waals surface area contributed by atoms with Crippen LogP contribution in [0.25, 0.3) is 5.53 Å². The van der Waals surface area contributed by atoms with E-state index in [1.54, 1.807) is 12.2 Å². The first-order valence-electron chi connectivity index (χ1n) is 3.66. The summed E-state index contributed by atoms with van der Waals surface area (Å²) >= 11 is 0. The lowest BCUT2D eigenvalue weighted by Gasteiger charge is -1.98. The zero-order valence-electron chi connectivity index (χ0n) is 7.66. The standard InChI is InChI=1S/C6H5N3O2.H2O4S/c7-8-5-3-1-2-4-6(5)9(10)11;1-5(2,3)4/h1-4,6H;(H2,1,2,3,4). The normalized spacial score (nSPS) is 18.4. The summed E-state index contributed by atoms with van der Waals surface area (Å²) in [7, 11) is -4.67. The van der Waals surface area contributed by atoms with E-state index in [9.17, 15) is 10.1 Å². The first-order valence-corrected chi connectivity index (χ1v) is 5.05. The molecule has 1 atom stereocenters. The Labute approximate surface area is 90.1 Å². The van der Waals surface area contributed by atoms with Crippen LogP contribution in [0.2, 0.25) is 0 Å². The molecule has 1 rings (SSSR count). The fraction of sp³-hybridized carbons (Fsp3) is 0.167. The van der Waals surface area contributed by atoms with Gasteiger partial charge in [-0.1, -0.05) is 12.2 Å². The zero-order chi connectivity index (χ0) is 12.8. The van der Waals surface area contributed by atoms with Crippen LogP contribution in [0.3, 0.4) is 0 Å². The SMILES string of the molecule is O=S(=O)(O)O.[N-]=[N+]=C1C=CC=CC1[N+](=O)[O-]. The van der Waals surface area contributed by atoms with Crippen molar-refractivity contribution in [2.24, 2.45) is 0 Å². The second-order valence-corrected chi connectivity index (χ2v) is 3.34. The van der Waals surface area contributed by atoms with E-state index in [0.717, 1.165) is 0 Å². The highest BCUT2D eigenvalue weighted by atomic mass is 32.3. The second-order valence-electron chi connectivity index (χ2n) is 2.45. The van der Waals surface area contributed by atoms with Crippen molar-refractivity contribution in [1.82, 2.24) is 0 Å². The van der Waals surface area contributed by atoms with Crippen LogP contribution in [-0.2, 0) is 10.4 Å². The summed E-state index contributed by atoms with van der Waals surface area (Å²) < 4.78 is 31.6. The molecular formula is C6H7N3O6S. The summed E-state index contributed by atoms with van der Waals surface area (Å²) in [6, 6.07) is -1.01. The van der Waals surface area contributed by atoms with Gasteiger partial charge >= 0.3 is 22.2 Å². The Balaban J connectivity index is 0.000000385. The molecular weight excluding hydrogens is 242 g/mol. The van der Waals surface area contributed by atoms with E-state index in [2.05, 4.69) is 4.79 Å². The number of hydrogen-bond donors (Lipinski definition) is 2. The Kier molecular flexibility index (Phi) is 5.19. The van der Waals surface area contributed by atoms with E-state index in [0.29, 0.717) is 0 Å². The first-order chi connectivity index (χ1) is 7.25. The topological polar surface area (TPSA) is 154 Å². The Morgan fingerprint density at radius 3 is 2.25 bits per heavy atom. The molecule has 16 heavy (non-hydrogen) atoms. The van der Waals surface area contributed by atoms with Crippen molar-refractivity contribution in [3.8, 4) is 0 Å². The largest absolute Gasteiger partial charge is 0.394 e. The summed E-state index contributed by atoms with van der Waals surface area (Å²) in [5.41, 5.74) is 8.36. The first kappa shape index (κ1) is 14.1. The average molecular weight is 249 g/mol. The molecule has 1 aliphatic carbocycles. The van der Waals surface area contributed by atoms with Gasteiger partial charge < -0.3 is 5.53 Å². The van der Waals surface area contributed by atoms with Crippen LogP contribution >= 0.6 is 0 Å². The van der Waals surface area contributed by atoms with Crippen molar-refractivity contribution < 1.29 is 27.2 Å². The molecule has 9 nitrogen and oxygen atoms in total. The van der Waals surface area contributed by atoms with Crippen molar-refractivity contribution in [2.45, 2.75) is 6.04 Å². The quantitative estimate of drug-likeness (QED) is 0.215. The van der Waals surface area contributed by atoms with Crippen LogP contribution in [0.15, 0.2) is 24.3 Å². The highest BCUT2D eigenvalue weighted by molar-refractivity contribution is 7.79. The third kappa shape index (κ3) is 6.56. The Morgan fingerprint density at radius 1 is 1.44 bits per heavy atom. The van der Waals surface area contributed by atoms with Crippen LogP contribution in [-0.4, -0.2) is 39.0 Å². The highest BCUT2D eigenvalue weighted by Crippen LogP contribution is 2.01. The second kappa shape index (κ2) is 5.88. The summed E-state index contributed by atoms with van der Waals surface area (Å²) in [5.74, 6) is 0. The molecule has 1 unspecified atom stereocenters. The molecule has 0 fully saturated rings. The van der Waals surface area contributed by atoms with Crippen molar-refractivity contribution in [1.29, 1.82) is 0 Å². The van der Waals surface area contributed by atoms with Gasteiger partial charge in [0.15, 0.2) is 0 Å². The molecule has 0 amide bonds. The third-order valence-corrected chi connectivity index (χ3v) is 1.32. The molecule has 0 heterocycles. The molecule has 0 saturated heterocycles. The molecule has 1 aliphatic rings. The Bertz CT molecular complexity index is 464. The maximum absolute atomic E-state index is 10.3. The number of rotatable bonds is 1. The molecule has 0 aliphatic heterocycles. The third-order valence-electron chi connectivity index (χ3n) is 1.32. The molecule has 0 aromatic rings. The van der Waals surface area contributed by atoms with Gasteiger partial charge in [-0.2, -0.15) is 13.2 Å². The lowest BCUT2D eigenvalue weighted by atomic mass is 10.1. The van der Waals surface area contributed by atoms with Gasteiger partial charge in [-0.25, -0.2) is 0 Å². The molecule has 0 radical (unpaired) electrons. The van der Waals surface area contributed by atoms with Gasteiger partial charge in [0.05, 0.1) is 0 Å². The number of nitrogens with zero attached hydrogens (tertiary/aromatic N) is 3. The van der Waals surface area contributed by atoms with Crippen LogP contribution in [0.4, 0.5) is 0 Å². The van der Waals surface area contributed by atoms with Gasteiger partial charge in [-0.05, 0) is 0 Å². The lowest BCUT2D eigenvalue weighted by Crippen LogP contribution is -2.27. The van der Waals surface area contributed by atoms with Gasteiger partial charge in [0.25, 0.3) is 0 Å². The van der Waals surface area contributed by atoms with Crippen LogP contribution in [0.5, 0.6) is 0 Å². The Hall–Kier alpha value is -1.87.